The molecular formula is C14H21FN2O3S. The molecule has 0 unspecified atom stereocenters. The number of nitrogens with zero attached hydrogens (tertiary/aromatic N) is 2. The van der Waals surface area contributed by atoms with E-state index in [2.05, 4.69) is 0 Å². The molecule has 1 aliphatic rings. The first kappa shape index (κ1) is 16.4. The third-order valence-corrected chi connectivity index (χ3v) is 5.78. The highest BCUT2D eigenvalue weighted by Crippen LogP contribution is 2.25. The number of morpholine rings is 1. The van der Waals surface area contributed by atoms with E-state index >= 15 is 0 Å². The van der Waals surface area contributed by atoms with Crippen LogP contribution >= 0.6 is 0 Å². The summed E-state index contributed by atoms with van der Waals surface area (Å²) >= 11 is 0. The second-order valence-electron chi connectivity index (χ2n) is 4.86. The van der Waals surface area contributed by atoms with Gasteiger partial charge in [-0.1, -0.05) is 26.0 Å². The van der Waals surface area contributed by atoms with Gasteiger partial charge in [0, 0.05) is 26.2 Å². The zero-order valence-electron chi connectivity index (χ0n) is 12.3. The van der Waals surface area contributed by atoms with E-state index in [0.29, 0.717) is 26.2 Å². The molecule has 0 spiro atoms. The van der Waals surface area contributed by atoms with Crippen molar-refractivity contribution >= 4 is 10.2 Å². The summed E-state index contributed by atoms with van der Waals surface area (Å²) in [7, 11) is -3.46. The van der Waals surface area contributed by atoms with Gasteiger partial charge in [0.2, 0.25) is 0 Å². The van der Waals surface area contributed by atoms with E-state index in [0.717, 1.165) is 5.56 Å². The fourth-order valence-corrected chi connectivity index (χ4v) is 4.04. The molecule has 21 heavy (non-hydrogen) atoms. The smallest absolute Gasteiger partial charge is 0.282 e. The van der Waals surface area contributed by atoms with Gasteiger partial charge in [0.15, 0.2) is 0 Å². The predicted molar refractivity (Wildman–Crippen MR) is 78.5 cm³/mol. The van der Waals surface area contributed by atoms with Crippen molar-refractivity contribution in [2.75, 3.05) is 32.8 Å². The fourth-order valence-electron chi connectivity index (χ4n) is 2.43. The monoisotopic (exact) mass is 316 g/mol. The molecule has 5 nitrogen and oxygen atoms in total. The van der Waals surface area contributed by atoms with Crippen LogP contribution < -0.4 is 0 Å². The van der Waals surface area contributed by atoms with Gasteiger partial charge in [0.05, 0.1) is 12.7 Å². The summed E-state index contributed by atoms with van der Waals surface area (Å²) in [6.45, 7) is 5.45. The lowest BCUT2D eigenvalue weighted by molar-refractivity contribution is -0.00426. The van der Waals surface area contributed by atoms with E-state index in [1.165, 1.54) is 20.7 Å². The molecule has 0 radical (unpaired) electrons. The average molecular weight is 316 g/mol. The normalized spacial score (nSPS) is 20.9. The van der Waals surface area contributed by atoms with E-state index in [9.17, 15) is 12.8 Å². The number of hydrogen-bond donors (Lipinski definition) is 0. The quantitative estimate of drug-likeness (QED) is 0.832. The summed E-state index contributed by atoms with van der Waals surface area (Å²) in [6.07, 6.45) is -0.357. The van der Waals surface area contributed by atoms with Crippen LogP contribution in [0, 0.1) is 5.82 Å². The van der Waals surface area contributed by atoms with Crippen LogP contribution in [0.1, 0.15) is 25.5 Å². The van der Waals surface area contributed by atoms with Crippen molar-refractivity contribution < 1.29 is 17.5 Å². The number of halogens is 1. The molecule has 0 aliphatic carbocycles. The van der Waals surface area contributed by atoms with Crippen LogP contribution in [0.5, 0.6) is 0 Å². The predicted octanol–water partition coefficient (Wildman–Crippen LogP) is 1.79. The highest BCUT2D eigenvalue weighted by atomic mass is 32.2. The molecule has 118 valence electrons. The first-order valence-electron chi connectivity index (χ1n) is 7.11. The Morgan fingerprint density at radius 3 is 2.48 bits per heavy atom. The summed E-state index contributed by atoms with van der Waals surface area (Å²) < 4.78 is 46.5. The largest absolute Gasteiger partial charge is 0.371 e. The Labute approximate surface area is 125 Å². The third kappa shape index (κ3) is 3.60. The van der Waals surface area contributed by atoms with Gasteiger partial charge in [-0.05, 0) is 17.7 Å². The first-order chi connectivity index (χ1) is 9.98. The van der Waals surface area contributed by atoms with Crippen LogP contribution in [-0.2, 0) is 14.9 Å². The minimum atomic E-state index is -3.46. The van der Waals surface area contributed by atoms with Gasteiger partial charge in [0.1, 0.15) is 5.82 Å². The standard InChI is InChI=1S/C14H21FN2O3S/c1-3-16(4-2)21(18,19)17-9-10-20-14(11-17)12-5-7-13(15)8-6-12/h5-8,14H,3-4,9-11H2,1-2H3/t14-/m0/s1. The van der Waals surface area contributed by atoms with Crippen LogP contribution in [0.2, 0.25) is 0 Å². The van der Waals surface area contributed by atoms with E-state index < -0.39 is 10.2 Å². The van der Waals surface area contributed by atoms with E-state index in [1.807, 2.05) is 13.8 Å². The topological polar surface area (TPSA) is 49.9 Å². The maximum absolute atomic E-state index is 13.0. The Hall–Kier alpha value is -1.02. The van der Waals surface area contributed by atoms with E-state index in [4.69, 9.17) is 4.74 Å². The molecule has 0 aromatic heterocycles. The average Bonchev–Trinajstić information content (AvgIpc) is 2.49. The summed E-state index contributed by atoms with van der Waals surface area (Å²) in [6, 6.07) is 5.98. The Bertz CT molecular complexity index is 558. The van der Waals surface area contributed by atoms with Gasteiger partial charge in [-0.25, -0.2) is 4.39 Å². The molecule has 7 heteroatoms. The maximum atomic E-state index is 13.0. The Morgan fingerprint density at radius 2 is 1.90 bits per heavy atom. The van der Waals surface area contributed by atoms with Crippen LogP contribution in [0.15, 0.2) is 24.3 Å². The second kappa shape index (κ2) is 6.83. The van der Waals surface area contributed by atoms with Gasteiger partial charge in [0.25, 0.3) is 10.2 Å². The zero-order chi connectivity index (χ0) is 15.5. The summed E-state index contributed by atoms with van der Waals surface area (Å²) in [5, 5.41) is 0. The SMILES string of the molecule is CCN(CC)S(=O)(=O)N1CCO[C@H](c2ccc(F)cc2)C1. The van der Waals surface area contributed by atoms with Crippen molar-refractivity contribution in [3.05, 3.63) is 35.6 Å². The lowest BCUT2D eigenvalue weighted by Crippen LogP contribution is -2.49. The number of benzene rings is 1. The van der Waals surface area contributed by atoms with E-state index in [1.54, 1.807) is 12.1 Å². The van der Waals surface area contributed by atoms with Crippen molar-refractivity contribution in [1.29, 1.82) is 0 Å². The van der Waals surface area contributed by atoms with E-state index in [-0.39, 0.29) is 18.5 Å². The molecule has 0 bridgehead atoms. The highest BCUT2D eigenvalue weighted by molar-refractivity contribution is 7.86. The summed E-state index contributed by atoms with van der Waals surface area (Å²) in [5.74, 6) is -0.317. The highest BCUT2D eigenvalue weighted by Gasteiger charge is 2.33. The minimum Gasteiger partial charge on any atom is -0.371 e. The van der Waals surface area contributed by atoms with Crippen LogP contribution in [-0.4, -0.2) is 49.8 Å². The van der Waals surface area contributed by atoms with Gasteiger partial charge in [-0.15, -0.1) is 0 Å². The number of hydrogen-bond acceptors (Lipinski definition) is 3. The van der Waals surface area contributed by atoms with Gasteiger partial charge in [-0.2, -0.15) is 17.0 Å². The van der Waals surface area contributed by atoms with Crippen LogP contribution in [0.3, 0.4) is 0 Å². The van der Waals surface area contributed by atoms with Crippen molar-refractivity contribution in [2.24, 2.45) is 0 Å². The molecule has 1 heterocycles. The lowest BCUT2D eigenvalue weighted by atomic mass is 10.1. The molecule has 1 atom stereocenters. The van der Waals surface area contributed by atoms with Gasteiger partial charge in [-0.3, -0.25) is 0 Å². The molecule has 0 amide bonds. The van der Waals surface area contributed by atoms with Crippen molar-refractivity contribution in [3.8, 4) is 0 Å². The second-order valence-corrected chi connectivity index (χ2v) is 6.79. The molecule has 1 aromatic rings. The van der Waals surface area contributed by atoms with Gasteiger partial charge < -0.3 is 4.74 Å². The lowest BCUT2D eigenvalue weighted by Gasteiger charge is -2.35. The molecule has 2 rings (SSSR count). The Balaban J connectivity index is 2.15. The molecule has 1 saturated heterocycles. The molecule has 1 fully saturated rings. The van der Waals surface area contributed by atoms with Crippen molar-refractivity contribution in [2.45, 2.75) is 20.0 Å². The first-order valence-corrected chi connectivity index (χ1v) is 8.51. The number of rotatable bonds is 5. The molecule has 1 aromatic carbocycles. The van der Waals surface area contributed by atoms with Crippen LogP contribution in [0.25, 0.3) is 0 Å². The maximum Gasteiger partial charge on any atom is 0.282 e. The third-order valence-electron chi connectivity index (χ3n) is 3.63. The van der Waals surface area contributed by atoms with Crippen molar-refractivity contribution in [3.63, 3.8) is 0 Å². The van der Waals surface area contributed by atoms with Crippen LogP contribution in [0.4, 0.5) is 4.39 Å². The fraction of sp³-hybridized carbons (Fsp3) is 0.571. The summed E-state index contributed by atoms with van der Waals surface area (Å²) in [5.41, 5.74) is 0.788. The molecular weight excluding hydrogens is 295 g/mol. The minimum absolute atomic E-state index is 0.254. The van der Waals surface area contributed by atoms with Gasteiger partial charge >= 0.3 is 0 Å². The Kier molecular flexibility index (Phi) is 5.32. The Morgan fingerprint density at radius 1 is 1.29 bits per heavy atom. The molecule has 0 saturated carbocycles. The molecule has 0 N–H and O–H groups in total. The number of ether oxygens (including phenoxy) is 1. The molecule has 1 aliphatic heterocycles. The zero-order valence-corrected chi connectivity index (χ0v) is 13.1. The van der Waals surface area contributed by atoms with Crippen molar-refractivity contribution in [1.82, 2.24) is 8.61 Å². The summed E-state index contributed by atoms with van der Waals surface area (Å²) in [4.78, 5) is 0.